The first-order valence-corrected chi connectivity index (χ1v) is 8.39. The molecule has 0 aromatic heterocycles. The monoisotopic (exact) mass is 263 g/mol. The van der Waals surface area contributed by atoms with Crippen molar-refractivity contribution < 1.29 is 0 Å². The number of hydrogen-bond acceptors (Lipinski definition) is 2. The molecule has 0 bridgehead atoms. The van der Waals surface area contributed by atoms with E-state index in [9.17, 15) is 0 Å². The molecule has 1 aliphatic heterocycles. The Balaban J connectivity index is 2.11. The van der Waals surface area contributed by atoms with Gasteiger partial charge in [0.2, 0.25) is 0 Å². The van der Waals surface area contributed by atoms with Gasteiger partial charge in [0.15, 0.2) is 0 Å². The highest BCUT2D eigenvalue weighted by atomic mass is 32.2. The van der Waals surface area contributed by atoms with Crippen molar-refractivity contribution in [2.45, 2.75) is 45.2 Å². The molecular formula is C16H25NS. The summed E-state index contributed by atoms with van der Waals surface area (Å²) < 4.78 is 0. The Morgan fingerprint density at radius 3 is 2.50 bits per heavy atom. The smallest absolute Gasteiger partial charge is 0.0351 e. The molecule has 1 aliphatic rings. The second kappa shape index (κ2) is 7.20. The molecule has 0 aliphatic carbocycles. The van der Waals surface area contributed by atoms with Crippen LogP contribution >= 0.6 is 11.8 Å². The summed E-state index contributed by atoms with van der Waals surface area (Å²) in [6.45, 7) is 4.63. The molecule has 1 nitrogen and oxygen atoms in total. The Bertz CT molecular complexity index is 328. The molecule has 2 atom stereocenters. The third-order valence-corrected chi connectivity index (χ3v) is 5.19. The van der Waals surface area contributed by atoms with Gasteiger partial charge in [-0.05, 0) is 23.7 Å². The van der Waals surface area contributed by atoms with Crippen molar-refractivity contribution in [1.82, 2.24) is 5.32 Å². The van der Waals surface area contributed by atoms with Crippen LogP contribution in [0.5, 0.6) is 0 Å². The first-order chi connectivity index (χ1) is 8.85. The summed E-state index contributed by atoms with van der Waals surface area (Å²) in [4.78, 5) is 0. The van der Waals surface area contributed by atoms with Gasteiger partial charge in [-0.25, -0.2) is 0 Å². The van der Waals surface area contributed by atoms with Crippen LogP contribution in [0.2, 0.25) is 0 Å². The first kappa shape index (κ1) is 14.0. The Hall–Kier alpha value is -0.470. The SMILES string of the molecule is CCC(CC)C(NC1CCSC1)c1ccccc1. The van der Waals surface area contributed by atoms with E-state index in [0.29, 0.717) is 12.1 Å². The van der Waals surface area contributed by atoms with Gasteiger partial charge in [0.25, 0.3) is 0 Å². The van der Waals surface area contributed by atoms with Crippen molar-refractivity contribution >= 4 is 11.8 Å². The highest BCUT2D eigenvalue weighted by Crippen LogP contribution is 2.30. The van der Waals surface area contributed by atoms with Gasteiger partial charge in [0.05, 0.1) is 0 Å². The van der Waals surface area contributed by atoms with Crippen LogP contribution < -0.4 is 5.32 Å². The fourth-order valence-electron chi connectivity index (χ4n) is 2.84. The van der Waals surface area contributed by atoms with E-state index < -0.39 is 0 Å². The number of rotatable bonds is 6. The Labute approximate surface area is 116 Å². The Kier molecular flexibility index (Phi) is 5.58. The third kappa shape index (κ3) is 3.52. The van der Waals surface area contributed by atoms with Crippen LogP contribution in [0.4, 0.5) is 0 Å². The van der Waals surface area contributed by atoms with Crippen LogP contribution in [0.1, 0.15) is 44.7 Å². The van der Waals surface area contributed by atoms with Crippen LogP contribution in [0.3, 0.4) is 0 Å². The fraction of sp³-hybridized carbons (Fsp3) is 0.625. The van der Waals surface area contributed by atoms with Crippen molar-refractivity contribution in [3.05, 3.63) is 35.9 Å². The summed E-state index contributed by atoms with van der Waals surface area (Å²) in [5.74, 6) is 3.35. The highest BCUT2D eigenvalue weighted by Gasteiger charge is 2.25. The zero-order valence-corrected chi connectivity index (χ0v) is 12.4. The van der Waals surface area contributed by atoms with Crippen molar-refractivity contribution in [3.63, 3.8) is 0 Å². The summed E-state index contributed by atoms with van der Waals surface area (Å²) in [6.07, 6.45) is 3.83. The fourth-order valence-corrected chi connectivity index (χ4v) is 4.01. The van der Waals surface area contributed by atoms with E-state index in [1.54, 1.807) is 0 Å². The van der Waals surface area contributed by atoms with E-state index >= 15 is 0 Å². The van der Waals surface area contributed by atoms with E-state index in [2.05, 4.69) is 61.3 Å². The zero-order valence-electron chi connectivity index (χ0n) is 11.6. The molecule has 1 fully saturated rings. The molecule has 2 unspecified atom stereocenters. The predicted molar refractivity (Wildman–Crippen MR) is 82.1 cm³/mol. The van der Waals surface area contributed by atoms with Crippen LogP contribution in [0, 0.1) is 5.92 Å². The molecule has 2 heteroatoms. The Morgan fingerprint density at radius 2 is 1.94 bits per heavy atom. The quantitative estimate of drug-likeness (QED) is 0.823. The molecule has 1 aromatic rings. The molecule has 0 spiro atoms. The average molecular weight is 263 g/mol. The molecule has 18 heavy (non-hydrogen) atoms. The highest BCUT2D eigenvalue weighted by molar-refractivity contribution is 7.99. The van der Waals surface area contributed by atoms with Gasteiger partial charge >= 0.3 is 0 Å². The van der Waals surface area contributed by atoms with Gasteiger partial charge in [-0.3, -0.25) is 0 Å². The van der Waals surface area contributed by atoms with Crippen molar-refractivity contribution in [3.8, 4) is 0 Å². The lowest BCUT2D eigenvalue weighted by atomic mass is 9.88. The standard InChI is InChI=1S/C16H25NS/c1-3-13(4-2)16(14-8-6-5-7-9-14)17-15-10-11-18-12-15/h5-9,13,15-17H,3-4,10-12H2,1-2H3. The van der Waals surface area contributed by atoms with Crippen molar-refractivity contribution in [2.24, 2.45) is 5.92 Å². The van der Waals surface area contributed by atoms with Gasteiger partial charge in [-0.2, -0.15) is 11.8 Å². The van der Waals surface area contributed by atoms with E-state index in [1.165, 1.54) is 36.3 Å². The zero-order chi connectivity index (χ0) is 12.8. The average Bonchev–Trinajstić information content (AvgIpc) is 2.93. The van der Waals surface area contributed by atoms with E-state index in [0.717, 1.165) is 5.92 Å². The summed E-state index contributed by atoms with van der Waals surface area (Å²) >= 11 is 2.08. The molecule has 1 heterocycles. The Morgan fingerprint density at radius 1 is 1.22 bits per heavy atom. The van der Waals surface area contributed by atoms with Gasteiger partial charge < -0.3 is 5.32 Å². The predicted octanol–water partition coefficient (Wildman–Crippen LogP) is 4.26. The summed E-state index contributed by atoms with van der Waals surface area (Å²) in [5.41, 5.74) is 1.46. The van der Waals surface area contributed by atoms with Crippen LogP contribution in [0.15, 0.2) is 30.3 Å². The van der Waals surface area contributed by atoms with E-state index in [4.69, 9.17) is 0 Å². The summed E-state index contributed by atoms with van der Waals surface area (Å²) in [5, 5.41) is 3.91. The maximum absolute atomic E-state index is 3.91. The lowest BCUT2D eigenvalue weighted by Gasteiger charge is -2.29. The minimum atomic E-state index is 0.532. The van der Waals surface area contributed by atoms with Crippen molar-refractivity contribution in [1.29, 1.82) is 0 Å². The lowest BCUT2D eigenvalue weighted by molar-refractivity contribution is 0.316. The molecular weight excluding hydrogens is 238 g/mol. The first-order valence-electron chi connectivity index (χ1n) is 7.23. The van der Waals surface area contributed by atoms with Gasteiger partial charge in [-0.15, -0.1) is 0 Å². The number of thioether (sulfide) groups is 1. The summed E-state index contributed by atoms with van der Waals surface area (Å²) in [7, 11) is 0. The molecule has 100 valence electrons. The van der Waals surface area contributed by atoms with Gasteiger partial charge in [-0.1, -0.05) is 57.0 Å². The molecule has 0 amide bonds. The minimum absolute atomic E-state index is 0.532. The van der Waals surface area contributed by atoms with Crippen molar-refractivity contribution in [2.75, 3.05) is 11.5 Å². The second-order valence-corrected chi connectivity index (χ2v) is 6.34. The van der Waals surface area contributed by atoms with Gasteiger partial charge in [0.1, 0.15) is 0 Å². The third-order valence-electron chi connectivity index (χ3n) is 4.02. The molecule has 1 saturated heterocycles. The number of nitrogens with one attached hydrogen (secondary N) is 1. The minimum Gasteiger partial charge on any atom is -0.306 e. The van der Waals surface area contributed by atoms with E-state index in [1.807, 2.05) is 0 Å². The van der Waals surface area contributed by atoms with E-state index in [-0.39, 0.29) is 0 Å². The number of hydrogen-bond donors (Lipinski definition) is 1. The molecule has 0 radical (unpaired) electrons. The summed E-state index contributed by atoms with van der Waals surface area (Å²) in [6, 6.07) is 12.2. The largest absolute Gasteiger partial charge is 0.306 e. The van der Waals surface area contributed by atoms with Crippen LogP contribution in [0.25, 0.3) is 0 Å². The van der Waals surface area contributed by atoms with Gasteiger partial charge in [0, 0.05) is 17.8 Å². The molecule has 0 saturated carbocycles. The second-order valence-electron chi connectivity index (χ2n) is 5.19. The van der Waals surface area contributed by atoms with Crippen LogP contribution in [-0.4, -0.2) is 17.5 Å². The maximum Gasteiger partial charge on any atom is 0.0351 e. The molecule has 1 aromatic carbocycles. The maximum atomic E-state index is 3.91. The molecule has 2 rings (SSSR count). The lowest BCUT2D eigenvalue weighted by Crippen LogP contribution is -2.36. The van der Waals surface area contributed by atoms with Crippen LogP contribution in [-0.2, 0) is 0 Å². The number of benzene rings is 1. The normalized spacial score (nSPS) is 21.4. The molecule has 1 N–H and O–H groups in total. The topological polar surface area (TPSA) is 12.0 Å².